The lowest BCUT2D eigenvalue weighted by Gasteiger charge is -2.31. The van der Waals surface area contributed by atoms with E-state index in [0.29, 0.717) is 0 Å². The first-order valence-corrected chi connectivity index (χ1v) is 17.6. The van der Waals surface area contributed by atoms with Crippen molar-refractivity contribution >= 4 is 65.2 Å². The second-order valence-corrected chi connectivity index (χ2v) is 14.8. The third kappa shape index (κ3) is 4.39. The summed E-state index contributed by atoms with van der Waals surface area (Å²) in [6.45, 7) is 4.81. The van der Waals surface area contributed by atoms with E-state index in [4.69, 9.17) is 5.41 Å². The molecule has 0 amide bonds. The van der Waals surface area contributed by atoms with Crippen LogP contribution < -0.4 is 0 Å². The Morgan fingerprint density at radius 3 is 1.71 bits per heavy atom. The normalized spacial score (nSPS) is 16.9. The van der Waals surface area contributed by atoms with Gasteiger partial charge in [-0.2, -0.15) is 0 Å². The van der Waals surface area contributed by atoms with Gasteiger partial charge in [-0.25, -0.2) is 0 Å². The van der Waals surface area contributed by atoms with Crippen LogP contribution in [-0.2, 0) is 5.41 Å². The molecule has 0 saturated heterocycles. The molecule has 9 rings (SSSR count). The summed E-state index contributed by atoms with van der Waals surface area (Å²) in [6, 6.07) is 53.6. The second-order valence-electron chi connectivity index (χ2n) is 13.8. The van der Waals surface area contributed by atoms with Crippen LogP contribution in [0.1, 0.15) is 46.8 Å². The first-order valence-electron chi connectivity index (χ1n) is 16.7. The molecule has 0 saturated carbocycles. The monoisotopic (exact) mass is 679 g/mol. The molecule has 2 unspecified atom stereocenters. The van der Waals surface area contributed by atoms with E-state index in [-0.39, 0.29) is 16.2 Å². The van der Waals surface area contributed by atoms with Crippen LogP contribution in [0.5, 0.6) is 0 Å². The Morgan fingerprint density at radius 1 is 0.500 bits per heavy atom. The minimum Gasteiger partial charge on any atom is -0.308 e. The number of alkyl halides is 1. The van der Waals surface area contributed by atoms with Gasteiger partial charge in [0, 0.05) is 17.0 Å². The molecule has 1 aliphatic carbocycles. The Morgan fingerprint density at radius 2 is 1.04 bits per heavy atom. The Balaban J connectivity index is 1.13. The first kappa shape index (κ1) is 29.1. The third-order valence-electron chi connectivity index (χ3n) is 10.9. The van der Waals surface area contributed by atoms with Gasteiger partial charge in [-0.05, 0) is 111 Å². The molecule has 1 aliphatic rings. The molecule has 0 aromatic heterocycles. The van der Waals surface area contributed by atoms with Crippen molar-refractivity contribution in [3.8, 4) is 22.3 Å². The number of nitrogens with one attached hydrogen (secondary N) is 1. The topological polar surface area (TPSA) is 23.9 Å². The van der Waals surface area contributed by atoms with Gasteiger partial charge in [-0.3, -0.25) is 0 Å². The van der Waals surface area contributed by atoms with Crippen LogP contribution in [0, 0.1) is 5.41 Å². The predicted octanol–water partition coefficient (Wildman–Crippen LogP) is 13.1. The van der Waals surface area contributed by atoms with Crippen LogP contribution in [-0.4, -0.2) is 6.21 Å². The number of rotatable bonds is 4. The number of benzene rings is 8. The molecule has 0 spiro atoms. The van der Waals surface area contributed by atoms with Crippen molar-refractivity contribution in [2.45, 2.75) is 30.0 Å². The summed E-state index contributed by atoms with van der Waals surface area (Å²) in [6.07, 6.45) is 1.39. The molecule has 0 radical (unpaired) electrons. The molecule has 230 valence electrons. The smallest absolute Gasteiger partial charge is 0.0475 e. The zero-order chi connectivity index (χ0) is 32.6. The minimum atomic E-state index is -0.0594. The van der Waals surface area contributed by atoms with Crippen molar-refractivity contribution in [3.63, 3.8) is 0 Å². The summed E-state index contributed by atoms with van der Waals surface area (Å²) in [5.74, 6) is 0.274. The van der Waals surface area contributed by atoms with E-state index in [2.05, 4.69) is 163 Å². The van der Waals surface area contributed by atoms with Gasteiger partial charge < -0.3 is 5.41 Å². The van der Waals surface area contributed by atoms with Gasteiger partial charge in [-0.15, -0.1) is 0 Å². The van der Waals surface area contributed by atoms with E-state index in [0.717, 1.165) is 5.56 Å². The zero-order valence-electron chi connectivity index (χ0n) is 27.0. The summed E-state index contributed by atoms with van der Waals surface area (Å²) in [7, 11) is 0. The zero-order valence-corrected chi connectivity index (χ0v) is 28.6. The van der Waals surface area contributed by atoms with Gasteiger partial charge in [0.1, 0.15) is 0 Å². The Bertz CT molecular complexity index is 2540. The van der Waals surface area contributed by atoms with Crippen molar-refractivity contribution < 1.29 is 0 Å². The molecule has 1 N–H and O–H groups in total. The lowest BCUT2D eigenvalue weighted by Crippen LogP contribution is -2.23. The van der Waals surface area contributed by atoms with Crippen LogP contribution in [0.25, 0.3) is 65.3 Å². The summed E-state index contributed by atoms with van der Waals surface area (Å²) < 4.78 is 0. The molecule has 0 heterocycles. The fraction of sp³-hybridized carbons (Fsp3) is 0.109. The number of halogens is 1. The summed E-state index contributed by atoms with van der Waals surface area (Å²) in [5.41, 5.74) is 9.90. The standard InChI is InChI=1S/C46H34BrN/c1-46(2)43-23-20-32(31-19-22-39-37-11-4-3-9-35(37)36-10-5-6-12-38(36)41(39)25-31)26-42(43)45(47)44(46)40-13-7-8-33-24-30(18-21-34(33)40)29-16-14-28(27-48)15-17-29/h3-27,44-45,48H,1-2H3. The van der Waals surface area contributed by atoms with Crippen LogP contribution in [0.15, 0.2) is 146 Å². The molecular formula is C46H34BrN. The lowest BCUT2D eigenvalue weighted by atomic mass is 9.74. The Hall–Kier alpha value is -5.05. The molecule has 2 heteroatoms. The van der Waals surface area contributed by atoms with Crippen molar-refractivity contribution in [1.82, 2.24) is 0 Å². The molecule has 2 atom stereocenters. The summed E-state index contributed by atoms with van der Waals surface area (Å²) in [4.78, 5) is 0.187. The highest BCUT2D eigenvalue weighted by Crippen LogP contribution is 2.59. The number of hydrogen-bond donors (Lipinski definition) is 1. The minimum absolute atomic E-state index is 0.0594. The molecule has 0 bridgehead atoms. The quantitative estimate of drug-likeness (QED) is 0.109. The highest BCUT2D eigenvalue weighted by molar-refractivity contribution is 9.09. The molecular weight excluding hydrogens is 646 g/mol. The SMILES string of the molecule is CC1(C)c2ccc(-c3ccc4c5ccccc5c5ccccc5c4c3)cc2C(Br)C1c1cccc2cc(-c3ccc(C=N)cc3)ccc12. The van der Waals surface area contributed by atoms with Crippen LogP contribution in [0.4, 0.5) is 0 Å². The van der Waals surface area contributed by atoms with Gasteiger partial charge >= 0.3 is 0 Å². The van der Waals surface area contributed by atoms with E-state index in [9.17, 15) is 0 Å². The van der Waals surface area contributed by atoms with E-state index in [1.165, 1.54) is 88.2 Å². The fourth-order valence-corrected chi connectivity index (χ4v) is 9.76. The van der Waals surface area contributed by atoms with Crippen molar-refractivity contribution in [2.75, 3.05) is 0 Å². The van der Waals surface area contributed by atoms with Crippen LogP contribution in [0.2, 0.25) is 0 Å². The molecule has 0 aliphatic heterocycles. The molecule has 8 aromatic carbocycles. The largest absolute Gasteiger partial charge is 0.308 e. The van der Waals surface area contributed by atoms with E-state index < -0.39 is 0 Å². The maximum atomic E-state index is 7.54. The highest BCUT2D eigenvalue weighted by Gasteiger charge is 2.46. The van der Waals surface area contributed by atoms with Crippen molar-refractivity contribution in [2.24, 2.45) is 0 Å². The fourth-order valence-electron chi connectivity index (χ4n) is 8.44. The van der Waals surface area contributed by atoms with Gasteiger partial charge in [0.25, 0.3) is 0 Å². The average Bonchev–Trinajstić information content (AvgIpc) is 3.34. The predicted molar refractivity (Wildman–Crippen MR) is 209 cm³/mol. The van der Waals surface area contributed by atoms with Gasteiger partial charge in [0.2, 0.25) is 0 Å². The number of hydrogen-bond acceptors (Lipinski definition) is 1. The molecule has 8 aromatic rings. The van der Waals surface area contributed by atoms with E-state index in [1.807, 2.05) is 12.1 Å². The first-order chi connectivity index (χ1) is 23.4. The van der Waals surface area contributed by atoms with Gasteiger partial charge in [0.15, 0.2) is 0 Å². The van der Waals surface area contributed by atoms with Crippen LogP contribution >= 0.6 is 15.9 Å². The van der Waals surface area contributed by atoms with Crippen molar-refractivity contribution in [1.29, 1.82) is 5.41 Å². The van der Waals surface area contributed by atoms with E-state index >= 15 is 0 Å². The third-order valence-corrected chi connectivity index (χ3v) is 11.9. The summed E-state index contributed by atoms with van der Waals surface area (Å²) in [5, 5.41) is 17.9. The second kappa shape index (κ2) is 11.0. The maximum Gasteiger partial charge on any atom is 0.0475 e. The average molecular weight is 681 g/mol. The van der Waals surface area contributed by atoms with Gasteiger partial charge in [-0.1, -0.05) is 157 Å². The lowest BCUT2D eigenvalue weighted by molar-refractivity contribution is 0.448. The Labute approximate surface area is 289 Å². The molecule has 1 nitrogen and oxygen atoms in total. The maximum absolute atomic E-state index is 7.54. The number of fused-ring (bicyclic) bond motifs is 8. The summed E-state index contributed by atoms with van der Waals surface area (Å²) >= 11 is 4.25. The highest BCUT2D eigenvalue weighted by atomic mass is 79.9. The molecule has 0 fully saturated rings. The van der Waals surface area contributed by atoms with Crippen molar-refractivity contribution in [3.05, 3.63) is 168 Å². The Kier molecular flexibility index (Phi) is 6.68. The molecule has 48 heavy (non-hydrogen) atoms. The van der Waals surface area contributed by atoms with E-state index in [1.54, 1.807) is 0 Å². The van der Waals surface area contributed by atoms with Gasteiger partial charge in [0.05, 0.1) is 0 Å². The van der Waals surface area contributed by atoms with Crippen LogP contribution in [0.3, 0.4) is 0 Å².